The number of nitrogens with one attached hydrogen (secondary N) is 2. The molecule has 4 rings (SSSR count). The molecule has 0 saturated heterocycles. The number of amides is 1. The maximum atomic E-state index is 13.0. The van der Waals surface area contributed by atoms with Crippen LogP contribution in [-0.2, 0) is 0 Å². The van der Waals surface area contributed by atoms with Crippen LogP contribution in [0.1, 0.15) is 10.4 Å². The van der Waals surface area contributed by atoms with Crippen LogP contribution in [0.4, 0.5) is 20.9 Å². The first kappa shape index (κ1) is 19.3. The first-order valence-corrected chi connectivity index (χ1v) is 10.4. The SMILES string of the molecule is O=C(Nc1ccc(-c2csc(Nc3ccc(F)cc3)n2)cc1)c1ccccc1Br. The highest BCUT2D eigenvalue weighted by atomic mass is 79.9. The summed E-state index contributed by atoms with van der Waals surface area (Å²) in [6.45, 7) is 0. The van der Waals surface area contributed by atoms with Gasteiger partial charge in [-0.1, -0.05) is 24.3 Å². The van der Waals surface area contributed by atoms with Crippen LogP contribution in [-0.4, -0.2) is 10.9 Å². The molecule has 0 radical (unpaired) electrons. The highest BCUT2D eigenvalue weighted by Crippen LogP contribution is 2.28. The molecule has 0 aliphatic rings. The molecule has 144 valence electrons. The van der Waals surface area contributed by atoms with Crippen LogP contribution in [0.3, 0.4) is 0 Å². The number of carbonyl (C=O) groups excluding carboxylic acids is 1. The molecular weight excluding hydrogens is 453 g/mol. The maximum Gasteiger partial charge on any atom is 0.256 e. The minimum Gasteiger partial charge on any atom is -0.332 e. The number of aromatic nitrogens is 1. The number of benzene rings is 3. The molecule has 29 heavy (non-hydrogen) atoms. The van der Waals surface area contributed by atoms with E-state index in [1.807, 2.05) is 47.8 Å². The molecular formula is C22H15BrFN3OS. The lowest BCUT2D eigenvalue weighted by molar-refractivity contribution is 0.102. The fourth-order valence-corrected chi connectivity index (χ4v) is 3.89. The smallest absolute Gasteiger partial charge is 0.256 e. The Morgan fingerprint density at radius 2 is 1.62 bits per heavy atom. The average Bonchev–Trinajstić information content (AvgIpc) is 3.19. The predicted molar refractivity (Wildman–Crippen MR) is 119 cm³/mol. The second-order valence-corrected chi connectivity index (χ2v) is 7.89. The van der Waals surface area contributed by atoms with Gasteiger partial charge in [-0.05, 0) is 64.5 Å². The minimum absolute atomic E-state index is 0.176. The zero-order valence-corrected chi connectivity index (χ0v) is 17.4. The molecule has 1 amide bonds. The molecule has 0 bridgehead atoms. The Labute approximate surface area is 179 Å². The quantitative estimate of drug-likeness (QED) is 0.343. The fraction of sp³-hybridized carbons (Fsp3) is 0. The van der Waals surface area contributed by atoms with E-state index in [1.54, 1.807) is 18.2 Å². The highest BCUT2D eigenvalue weighted by Gasteiger charge is 2.10. The molecule has 0 saturated carbocycles. The monoisotopic (exact) mass is 467 g/mol. The number of nitrogens with zero attached hydrogens (tertiary/aromatic N) is 1. The second kappa shape index (κ2) is 8.55. The van der Waals surface area contributed by atoms with E-state index in [1.165, 1.54) is 23.5 Å². The normalized spacial score (nSPS) is 10.6. The number of hydrogen-bond donors (Lipinski definition) is 2. The number of anilines is 3. The largest absolute Gasteiger partial charge is 0.332 e. The molecule has 2 N–H and O–H groups in total. The molecule has 1 heterocycles. The predicted octanol–water partition coefficient (Wildman–Crippen LogP) is 6.71. The van der Waals surface area contributed by atoms with E-state index in [0.29, 0.717) is 11.3 Å². The van der Waals surface area contributed by atoms with Gasteiger partial charge in [0.1, 0.15) is 5.82 Å². The first-order valence-electron chi connectivity index (χ1n) is 8.73. The lowest BCUT2D eigenvalue weighted by atomic mass is 10.1. The van der Waals surface area contributed by atoms with Gasteiger partial charge in [0.05, 0.1) is 11.3 Å². The summed E-state index contributed by atoms with van der Waals surface area (Å²) in [5, 5.41) is 8.72. The zero-order chi connectivity index (χ0) is 20.2. The van der Waals surface area contributed by atoms with E-state index < -0.39 is 0 Å². The van der Waals surface area contributed by atoms with Gasteiger partial charge >= 0.3 is 0 Å². The van der Waals surface area contributed by atoms with Crippen LogP contribution in [0.25, 0.3) is 11.3 Å². The summed E-state index contributed by atoms with van der Waals surface area (Å²) >= 11 is 4.86. The summed E-state index contributed by atoms with van der Waals surface area (Å²) in [5.74, 6) is -0.452. The van der Waals surface area contributed by atoms with Crippen molar-refractivity contribution in [3.8, 4) is 11.3 Å². The summed E-state index contributed by atoms with van der Waals surface area (Å²) in [7, 11) is 0. The first-order chi connectivity index (χ1) is 14.1. The van der Waals surface area contributed by atoms with E-state index in [9.17, 15) is 9.18 Å². The van der Waals surface area contributed by atoms with Crippen molar-refractivity contribution in [3.05, 3.63) is 94.0 Å². The van der Waals surface area contributed by atoms with E-state index in [4.69, 9.17) is 0 Å². The van der Waals surface area contributed by atoms with Gasteiger partial charge in [0.2, 0.25) is 0 Å². The van der Waals surface area contributed by atoms with E-state index in [0.717, 1.165) is 26.5 Å². The third kappa shape index (κ3) is 4.70. The summed E-state index contributed by atoms with van der Waals surface area (Å²) < 4.78 is 13.8. The number of hydrogen-bond acceptors (Lipinski definition) is 4. The van der Waals surface area contributed by atoms with E-state index >= 15 is 0 Å². The molecule has 4 nitrogen and oxygen atoms in total. The Morgan fingerprint density at radius 1 is 0.931 bits per heavy atom. The maximum absolute atomic E-state index is 13.0. The zero-order valence-electron chi connectivity index (χ0n) is 15.0. The molecule has 0 spiro atoms. The van der Waals surface area contributed by atoms with Gasteiger partial charge in [-0.2, -0.15) is 0 Å². The summed E-state index contributed by atoms with van der Waals surface area (Å²) in [5.41, 5.74) is 3.81. The van der Waals surface area contributed by atoms with Crippen molar-refractivity contribution in [3.63, 3.8) is 0 Å². The van der Waals surface area contributed by atoms with E-state index in [2.05, 4.69) is 31.5 Å². The van der Waals surface area contributed by atoms with Crippen molar-refractivity contribution in [2.24, 2.45) is 0 Å². The van der Waals surface area contributed by atoms with Crippen molar-refractivity contribution in [1.82, 2.24) is 4.98 Å². The third-order valence-corrected chi connectivity index (χ3v) is 5.61. The molecule has 1 aromatic heterocycles. The molecule has 3 aromatic carbocycles. The van der Waals surface area contributed by atoms with Crippen LogP contribution in [0.2, 0.25) is 0 Å². The van der Waals surface area contributed by atoms with Gasteiger partial charge in [0.25, 0.3) is 5.91 Å². The number of thiazole rings is 1. The van der Waals surface area contributed by atoms with Gasteiger partial charge in [0.15, 0.2) is 5.13 Å². The van der Waals surface area contributed by atoms with Gasteiger partial charge in [-0.15, -0.1) is 11.3 Å². The molecule has 0 fully saturated rings. The van der Waals surface area contributed by atoms with Crippen LogP contribution in [0, 0.1) is 5.82 Å². The summed E-state index contributed by atoms with van der Waals surface area (Å²) in [4.78, 5) is 17.0. The number of rotatable bonds is 5. The van der Waals surface area contributed by atoms with Gasteiger partial charge in [-0.25, -0.2) is 9.37 Å². The van der Waals surface area contributed by atoms with Crippen molar-refractivity contribution in [2.75, 3.05) is 10.6 Å². The number of carbonyl (C=O) groups is 1. The summed E-state index contributed by atoms with van der Waals surface area (Å²) in [6, 6.07) is 20.9. The Balaban J connectivity index is 1.44. The van der Waals surface area contributed by atoms with Crippen molar-refractivity contribution in [2.45, 2.75) is 0 Å². The molecule has 0 atom stereocenters. The average molecular weight is 468 g/mol. The van der Waals surface area contributed by atoms with Gasteiger partial charge in [-0.3, -0.25) is 4.79 Å². The van der Waals surface area contributed by atoms with Crippen LogP contribution in [0.15, 0.2) is 82.6 Å². The van der Waals surface area contributed by atoms with Crippen LogP contribution in [0.5, 0.6) is 0 Å². The van der Waals surface area contributed by atoms with Crippen molar-refractivity contribution in [1.29, 1.82) is 0 Å². The number of halogens is 2. The third-order valence-electron chi connectivity index (χ3n) is 4.16. The van der Waals surface area contributed by atoms with Gasteiger partial charge < -0.3 is 10.6 Å². The standard InChI is InChI=1S/C22H15BrFN3OS/c23-19-4-2-1-3-18(19)21(28)25-16-9-5-14(6-10-16)20-13-29-22(27-20)26-17-11-7-15(24)8-12-17/h1-13H,(H,25,28)(H,26,27). The van der Waals surface area contributed by atoms with E-state index in [-0.39, 0.29) is 11.7 Å². The Hall–Kier alpha value is -3.03. The van der Waals surface area contributed by atoms with Crippen molar-refractivity contribution < 1.29 is 9.18 Å². The fourth-order valence-electron chi connectivity index (χ4n) is 2.69. The Kier molecular flexibility index (Phi) is 5.69. The minimum atomic E-state index is -0.276. The Morgan fingerprint density at radius 3 is 2.34 bits per heavy atom. The van der Waals surface area contributed by atoms with Crippen LogP contribution < -0.4 is 10.6 Å². The Bertz CT molecular complexity index is 1140. The molecule has 4 aromatic rings. The molecule has 0 aliphatic carbocycles. The van der Waals surface area contributed by atoms with Gasteiger partial charge in [0, 0.05) is 26.8 Å². The topological polar surface area (TPSA) is 54.0 Å². The lowest BCUT2D eigenvalue weighted by Gasteiger charge is -2.07. The molecule has 7 heteroatoms. The highest BCUT2D eigenvalue weighted by molar-refractivity contribution is 9.10. The molecule has 0 aliphatic heterocycles. The lowest BCUT2D eigenvalue weighted by Crippen LogP contribution is -2.12. The van der Waals surface area contributed by atoms with Crippen molar-refractivity contribution >= 4 is 49.7 Å². The van der Waals surface area contributed by atoms with Crippen LogP contribution >= 0.6 is 27.3 Å². The summed E-state index contributed by atoms with van der Waals surface area (Å²) in [6.07, 6.45) is 0. The molecule has 0 unspecified atom stereocenters. The second-order valence-electron chi connectivity index (χ2n) is 6.18.